The van der Waals surface area contributed by atoms with Crippen molar-refractivity contribution < 1.29 is 4.74 Å². The summed E-state index contributed by atoms with van der Waals surface area (Å²) < 4.78 is 5.39. The van der Waals surface area contributed by atoms with E-state index in [0.717, 1.165) is 24.7 Å². The van der Waals surface area contributed by atoms with Crippen LogP contribution in [0.4, 0.5) is 0 Å². The summed E-state index contributed by atoms with van der Waals surface area (Å²) in [5, 5.41) is 4.22. The topological polar surface area (TPSA) is 21.3 Å². The summed E-state index contributed by atoms with van der Waals surface area (Å²) in [6.07, 6.45) is 2.45. The first-order chi connectivity index (χ1) is 8.31. The van der Waals surface area contributed by atoms with Crippen molar-refractivity contribution >= 4 is 24.0 Å². The van der Waals surface area contributed by atoms with E-state index < -0.39 is 0 Å². The number of hydrogen-bond acceptors (Lipinski definition) is 2. The number of benzene rings is 1. The van der Waals surface area contributed by atoms with Crippen LogP contribution in [0.3, 0.4) is 0 Å². The monoisotopic (exact) mass is 289 g/mol. The third-order valence-corrected chi connectivity index (χ3v) is 3.81. The van der Waals surface area contributed by atoms with E-state index in [1.807, 2.05) is 12.1 Å². The van der Waals surface area contributed by atoms with Crippen molar-refractivity contribution in [3.8, 4) is 0 Å². The fraction of sp³-hybridized carbons (Fsp3) is 0.571. The molecule has 1 heterocycles. The number of ether oxygens (including phenoxy) is 1. The standard InChI is InChI=1S/C14H20ClNO.ClH/c1-17-10-14(11-5-7-16-8-6-11)12-3-2-4-13(15)9-12;/h2-4,9,11,14,16H,5-8,10H2,1H3;1H. The smallest absolute Gasteiger partial charge is 0.0533 e. The Morgan fingerprint density at radius 3 is 2.72 bits per heavy atom. The lowest BCUT2D eigenvalue weighted by atomic mass is 9.81. The van der Waals surface area contributed by atoms with Gasteiger partial charge in [0.15, 0.2) is 0 Å². The van der Waals surface area contributed by atoms with Crippen LogP contribution in [0.1, 0.15) is 24.3 Å². The molecule has 0 aromatic heterocycles. The highest BCUT2D eigenvalue weighted by atomic mass is 35.5. The van der Waals surface area contributed by atoms with Crippen molar-refractivity contribution in [1.82, 2.24) is 5.32 Å². The number of piperidine rings is 1. The predicted molar refractivity (Wildman–Crippen MR) is 78.9 cm³/mol. The first kappa shape index (κ1) is 15.8. The lowest BCUT2D eigenvalue weighted by Crippen LogP contribution is -2.32. The summed E-state index contributed by atoms with van der Waals surface area (Å²) in [6, 6.07) is 8.20. The Kier molecular flexibility index (Phi) is 7.02. The molecule has 0 aliphatic carbocycles. The summed E-state index contributed by atoms with van der Waals surface area (Å²) in [5.41, 5.74) is 1.31. The van der Waals surface area contributed by atoms with Crippen LogP contribution in [0.5, 0.6) is 0 Å². The second-order valence-corrected chi connectivity index (χ2v) is 5.14. The summed E-state index contributed by atoms with van der Waals surface area (Å²) in [4.78, 5) is 0. The Morgan fingerprint density at radius 1 is 1.39 bits per heavy atom. The molecular weight excluding hydrogens is 269 g/mol. The maximum Gasteiger partial charge on any atom is 0.0533 e. The molecule has 0 radical (unpaired) electrons. The van der Waals surface area contributed by atoms with Crippen LogP contribution in [0, 0.1) is 5.92 Å². The minimum atomic E-state index is 0. The minimum absolute atomic E-state index is 0. The van der Waals surface area contributed by atoms with Gasteiger partial charge in [-0.1, -0.05) is 23.7 Å². The molecule has 2 rings (SSSR count). The number of halogens is 2. The van der Waals surface area contributed by atoms with E-state index in [1.165, 1.54) is 18.4 Å². The average Bonchev–Trinajstić information content (AvgIpc) is 2.37. The van der Waals surface area contributed by atoms with Crippen LogP contribution >= 0.6 is 24.0 Å². The Morgan fingerprint density at radius 2 is 2.11 bits per heavy atom. The van der Waals surface area contributed by atoms with Gasteiger partial charge in [-0.05, 0) is 49.5 Å². The number of rotatable bonds is 4. The van der Waals surface area contributed by atoms with E-state index in [9.17, 15) is 0 Å². The van der Waals surface area contributed by atoms with E-state index in [4.69, 9.17) is 16.3 Å². The van der Waals surface area contributed by atoms with Gasteiger partial charge in [-0.15, -0.1) is 12.4 Å². The number of hydrogen-bond donors (Lipinski definition) is 1. The van der Waals surface area contributed by atoms with Crippen LogP contribution in [0.2, 0.25) is 5.02 Å². The molecule has 1 fully saturated rings. The molecule has 2 nitrogen and oxygen atoms in total. The van der Waals surface area contributed by atoms with Gasteiger partial charge in [0.1, 0.15) is 0 Å². The zero-order valence-corrected chi connectivity index (χ0v) is 12.3. The summed E-state index contributed by atoms with van der Waals surface area (Å²) in [5.74, 6) is 1.18. The first-order valence-electron chi connectivity index (χ1n) is 6.26. The van der Waals surface area contributed by atoms with Crippen molar-refractivity contribution in [3.05, 3.63) is 34.9 Å². The van der Waals surface area contributed by atoms with E-state index in [1.54, 1.807) is 7.11 Å². The summed E-state index contributed by atoms with van der Waals surface area (Å²) in [7, 11) is 1.78. The fourth-order valence-electron chi connectivity index (χ4n) is 2.67. The van der Waals surface area contributed by atoms with Crippen molar-refractivity contribution in [3.63, 3.8) is 0 Å². The van der Waals surface area contributed by atoms with Crippen LogP contribution in [-0.2, 0) is 4.74 Å². The van der Waals surface area contributed by atoms with Gasteiger partial charge < -0.3 is 10.1 Å². The van der Waals surface area contributed by atoms with E-state index >= 15 is 0 Å². The van der Waals surface area contributed by atoms with Gasteiger partial charge in [0, 0.05) is 18.1 Å². The zero-order valence-electron chi connectivity index (χ0n) is 10.7. The molecule has 0 bridgehead atoms. The highest BCUT2D eigenvalue weighted by Crippen LogP contribution is 2.32. The second-order valence-electron chi connectivity index (χ2n) is 4.70. The SMILES string of the molecule is COCC(c1cccc(Cl)c1)C1CCNCC1.Cl. The molecule has 0 saturated carbocycles. The van der Waals surface area contributed by atoms with Gasteiger partial charge in [-0.25, -0.2) is 0 Å². The quantitative estimate of drug-likeness (QED) is 0.916. The molecule has 0 amide bonds. The van der Waals surface area contributed by atoms with E-state index in [2.05, 4.69) is 17.4 Å². The third-order valence-electron chi connectivity index (χ3n) is 3.58. The molecule has 1 aromatic rings. The molecule has 1 saturated heterocycles. The highest BCUT2D eigenvalue weighted by Gasteiger charge is 2.24. The normalized spacial score (nSPS) is 18.1. The molecular formula is C14H21Cl2NO. The largest absolute Gasteiger partial charge is 0.384 e. The zero-order chi connectivity index (χ0) is 12.1. The number of methoxy groups -OCH3 is 1. The molecule has 4 heteroatoms. The fourth-order valence-corrected chi connectivity index (χ4v) is 2.87. The molecule has 1 aliphatic rings. The van der Waals surface area contributed by atoms with Gasteiger partial charge in [0.25, 0.3) is 0 Å². The molecule has 1 aromatic carbocycles. The molecule has 0 spiro atoms. The third kappa shape index (κ3) is 4.13. The van der Waals surface area contributed by atoms with Crippen LogP contribution < -0.4 is 5.32 Å². The molecule has 1 N–H and O–H groups in total. The molecule has 1 atom stereocenters. The van der Waals surface area contributed by atoms with Gasteiger partial charge in [-0.3, -0.25) is 0 Å². The Balaban J connectivity index is 0.00000162. The second kappa shape index (κ2) is 8.00. The predicted octanol–water partition coefficient (Wildman–Crippen LogP) is 3.49. The Labute approximate surface area is 120 Å². The van der Waals surface area contributed by atoms with Crippen molar-refractivity contribution in [1.29, 1.82) is 0 Å². The summed E-state index contributed by atoms with van der Waals surface area (Å²) >= 11 is 6.07. The maximum absolute atomic E-state index is 6.07. The Hall–Kier alpha value is -0.280. The van der Waals surface area contributed by atoms with E-state index in [0.29, 0.717) is 11.8 Å². The van der Waals surface area contributed by atoms with Crippen molar-refractivity contribution in [2.24, 2.45) is 5.92 Å². The average molecular weight is 290 g/mol. The van der Waals surface area contributed by atoms with Crippen molar-refractivity contribution in [2.75, 3.05) is 26.8 Å². The molecule has 1 aliphatic heterocycles. The minimum Gasteiger partial charge on any atom is -0.384 e. The van der Waals surface area contributed by atoms with Gasteiger partial charge in [-0.2, -0.15) is 0 Å². The number of nitrogens with one attached hydrogen (secondary N) is 1. The highest BCUT2D eigenvalue weighted by molar-refractivity contribution is 6.30. The molecule has 18 heavy (non-hydrogen) atoms. The van der Waals surface area contributed by atoms with Gasteiger partial charge >= 0.3 is 0 Å². The lowest BCUT2D eigenvalue weighted by molar-refractivity contribution is 0.144. The van der Waals surface area contributed by atoms with Gasteiger partial charge in [0.2, 0.25) is 0 Å². The molecule has 102 valence electrons. The van der Waals surface area contributed by atoms with E-state index in [-0.39, 0.29) is 12.4 Å². The lowest BCUT2D eigenvalue weighted by Gasteiger charge is -2.30. The van der Waals surface area contributed by atoms with Gasteiger partial charge in [0.05, 0.1) is 6.61 Å². The maximum atomic E-state index is 6.07. The van der Waals surface area contributed by atoms with Crippen molar-refractivity contribution in [2.45, 2.75) is 18.8 Å². The van der Waals surface area contributed by atoms with Crippen LogP contribution in [0.15, 0.2) is 24.3 Å². The Bertz CT molecular complexity index is 353. The molecule has 1 unspecified atom stereocenters. The van der Waals surface area contributed by atoms with Crippen LogP contribution in [0.25, 0.3) is 0 Å². The van der Waals surface area contributed by atoms with Crippen LogP contribution in [-0.4, -0.2) is 26.8 Å². The summed E-state index contributed by atoms with van der Waals surface area (Å²) in [6.45, 7) is 3.02. The first-order valence-corrected chi connectivity index (χ1v) is 6.64.